The van der Waals surface area contributed by atoms with Crippen molar-refractivity contribution in [2.45, 2.75) is 6.42 Å². The summed E-state index contributed by atoms with van der Waals surface area (Å²) in [5.74, 6) is 0.134. The van der Waals surface area contributed by atoms with Crippen molar-refractivity contribution in [2.75, 3.05) is 58.3 Å². The van der Waals surface area contributed by atoms with E-state index in [0.29, 0.717) is 6.54 Å². The molecular formula is C16H26N4O. The fraction of sp³-hybridized carbons (Fsp3) is 0.562. The molecule has 0 aromatic heterocycles. The van der Waals surface area contributed by atoms with Gasteiger partial charge in [0.2, 0.25) is 0 Å². The van der Waals surface area contributed by atoms with Gasteiger partial charge in [-0.25, -0.2) is 0 Å². The zero-order valence-electron chi connectivity index (χ0n) is 13.1. The molecule has 0 unspecified atom stereocenters. The third-order valence-electron chi connectivity index (χ3n) is 3.95. The van der Waals surface area contributed by atoms with Crippen LogP contribution in [0, 0.1) is 0 Å². The molecule has 0 spiro atoms. The predicted molar refractivity (Wildman–Crippen MR) is 86.8 cm³/mol. The van der Waals surface area contributed by atoms with Crippen LogP contribution in [0.2, 0.25) is 0 Å². The van der Waals surface area contributed by atoms with E-state index in [4.69, 9.17) is 5.73 Å². The molecule has 0 radical (unpaired) electrons. The Bertz CT molecular complexity index is 458. The molecule has 0 atom stereocenters. The van der Waals surface area contributed by atoms with Crippen molar-refractivity contribution in [3.63, 3.8) is 0 Å². The highest BCUT2D eigenvalue weighted by molar-refractivity contribution is 5.94. The first kappa shape index (κ1) is 15.8. The molecule has 21 heavy (non-hydrogen) atoms. The maximum atomic E-state index is 12.6. The minimum atomic E-state index is 0.134. The van der Waals surface area contributed by atoms with Crippen LogP contribution in [0.5, 0.6) is 0 Å². The van der Waals surface area contributed by atoms with Crippen LogP contribution in [0.15, 0.2) is 24.3 Å². The van der Waals surface area contributed by atoms with Crippen LogP contribution in [0.3, 0.4) is 0 Å². The highest BCUT2D eigenvalue weighted by Gasteiger charge is 2.19. The zero-order chi connectivity index (χ0) is 15.2. The summed E-state index contributed by atoms with van der Waals surface area (Å²) in [4.78, 5) is 18.9. The maximum Gasteiger partial charge on any atom is 0.253 e. The summed E-state index contributed by atoms with van der Waals surface area (Å²) in [5.41, 5.74) is 7.49. The van der Waals surface area contributed by atoms with E-state index in [1.165, 1.54) is 0 Å². The molecule has 1 aliphatic rings. The fourth-order valence-electron chi connectivity index (χ4n) is 2.66. The normalized spacial score (nSPS) is 16.6. The number of anilines is 1. The van der Waals surface area contributed by atoms with Gasteiger partial charge in [-0.1, -0.05) is 0 Å². The Labute approximate surface area is 127 Å². The number of hydrogen-bond acceptors (Lipinski definition) is 4. The lowest BCUT2D eigenvalue weighted by molar-refractivity contribution is 0.0761. The lowest BCUT2D eigenvalue weighted by atomic mass is 10.1. The average Bonchev–Trinajstić information content (AvgIpc) is 2.73. The Balaban J connectivity index is 1.99. The molecule has 2 N–H and O–H groups in total. The first-order chi connectivity index (χ1) is 10.1. The van der Waals surface area contributed by atoms with Gasteiger partial charge in [0.25, 0.3) is 5.91 Å². The largest absolute Gasteiger partial charge is 0.378 e. The number of rotatable bonds is 4. The molecule has 1 aliphatic heterocycles. The van der Waals surface area contributed by atoms with Gasteiger partial charge in [-0.2, -0.15) is 0 Å². The van der Waals surface area contributed by atoms with Gasteiger partial charge in [0, 0.05) is 58.1 Å². The quantitative estimate of drug-likeness (QED) is 0.893. The van der Waals surface area contributed by atoms with E-state index in [1.54, 1.807) is 0 Å². The second-order valence-corrected chi connectivity index (χ2v) is 5.72. The Morgan fingerprint density at radius 1 is 1.14 bits per heavy atom. The Morgan fingerprint density at radius 3 is 2.48 bits per heavy atom. The van der Waals surface area contributed by atoms with Crippen molar-refractivity contribution in [1.29, 1.82) is 0 Å². The molecule has 0 bridgehead atoms. The van der Waals surface area contributed by atoms with Crippen LogP contribution in [0.25, 0.3) is 0 Å². The lowest BCUT2D eigenvalue weighted by Gasteiger charge is -2.22. The van der Waals surface area contributed by atoms with Gasteiger partial charge in [-0.3, -0.25) is 4.79 Å². The van der Waals surface area contributed by atoms with Crippen LogP contribution in [0.1, 0.15) is 16.8 Å². The van der Waals surface area contributed by atoms with Crippen molar-refractivity contribution in [3.8, 4) is 0 Å². The fourth-order valence-corrected chi connectivity index (χ4v) is 2.66. The first-order valence-corrected chi connectivity index (χ1v) is 7.61. The minimum absolute atomic E-state index is 0.134. The van der Waals surface area contributed by atoms with Gasteiger partial charge >= 0.3 is 0 Å². The molecule has 1 aromatic rings. The summed E-state index contributed by atoms with van der Waals surface area (Å²) in [6, 6.07) is 7.82. The van der Waals surface area contributed by atoms with Crippen molar-refractivity contribution in [2.24, 2.45) is 5.73 Å². The van der Waals surface area contributed by atoms with E-state index >= 15 is 0 Å². The molecule has 5 nitrogen and oxygen atoms in total. The van der Waals surface area contributed by atoms with E-state index in [1.807, 2.05) is 48.2 Å². The van der Waals surface area contributed by atoms with Gasteiger partial charge in [-0.15, -0.1) is 0 Å². The molecule has 1 saturated heterocycles. The van der Waals surface area contributed by atoms with E-state index in [2.05, 4.69) is 4.90 Å². The third-order valence-corrected chi connectivity index (χ3v) is 3.95. The van der Waals surface area contributed by atoms with Crippen LogP contribution in [-0.4, -0.2) is 69.1 Å². The number of benzene rings is 1. The van der Waals surface area contributed by atoms with Crippen molar-refractivity contribution in [1.82, 2.24) is 9.80 Å². The summed E-state index contributed by atoms with van der Waals surface area (Å²) in [5, 5.41) is 0. The monoisotopic (exact) mass is 290 g/mol. The number of nitrogens with zero attached hydrogens (tertiary/aromatic N) is 3. The summed E-state index contributed by atoms with van der Waals surface area (Å²) in [6.45, 7) is 5.16. The number of nitrogens with two attached hydrogens (primary N) is 1. The van der Waals surface area contributed by atoms with Gasteiger partial charge in [-0.05, 0) is 37.2 Å². The van der Waals surface area contributed by atoms with E-state index < -0.39 is 0 Å². The average molecular weight is 290 g/mol. The highest BCUT2D eigenvalue weighted by Crippen LogP contribution is 2.15. The SMILES string of the molecule is CN(C)c1ccc(C(=O)N2CCCN(CCN)CC2)cc1. The number of carbonyl (C=O) groups excluding carboxylic acids is 1. The van der Waals surface area contributed by atoms with E-state index in [0.717, 1.165) is 50.4 Å². The van der Waals surface area contributed by atoms with Gasteiger partial charge in [0.05, 0.1) is 0 Å². The molecule has 1 heterocycles. The Kier molecular flexibility index (Phi) is 5.59. The number of amides is 1. The van der Waals surface area contributed by atoms with Gasteiger partial charge in [0.15, 0.2) is 0 Å². The predicted octanol–water partition coefficient (Wildman–Crippen LogP) is 0.859. The minimum Gasteiger partial charge on any atom is -0.378 e. The summed E-state index contributed by atoms with van der Waals surface area (Å²) in [6.07, 6.45) is 1.02. The molecule has 1 aromatic carbocycles. The molecule has 116 valence electrons. The molecule has 1 fully saturated rings. The van der Waals surface area contributed by atoms with Gasteiger partial charge < -0.3 is 20.4 Å². The van der Waals surface area contributed by atoms with Crippen LogP contribution < -0.4 is 10.6 Å². The summed E-state index contributed by atoms with van der Waals surface area (Å²) in [7, 11) is 4.00. The summed E-state index contributed by atoms with van der Waals surface area (Å²) >= 11 is 0. The molecule has 5 heteroatoms. The van der Waals surface area contributed by atoms with E-state index in [9.17, 15) is 4.79 Å². The summed E-state index contributed by atoms with van der Waals surface area (Å²) < 4.78 is 0. The molecule has 0 aliphatic carbocycles. The standard InChI is InChI=1S/C16H26N4O/c1-18(2)15-6-4-14(5-7-15)16(21)20-10-3-9-19(11-8-17)12-13-20/h4-7H,3,8-13,17H2,1-2H3. The molecular weight excluding hydrogens is 264 g/mol. The maximum absolute atomic E-state index is 12.6. The molecule has 1 amide bonds. The Hall–Kier alpha value is -1.59. The second kappa shape index (κ2) is 7.43. The number of carbonyl (C=O) groups is 1. The first-order valence-electron chi connectivity index (χ1n) is 7.61. The second-order valence-electron chi connectivity index (χ2n) is 5.72. The van der Waals surface area contributed by atoms with E-state index in [-0.39, 0.29) is 5.91 Å². The topological polar surface area (TPSA) is 52.8 Å². The third kappa shape index (κ3) is 4.19. The van der Waals surface area contributed by atoms with Crippen LogP contribution in [0.4, 0.5) is 5.69 Å². The molecule has 0 saturated carbocycles. The van der Waals surface area contributed by atoms with Crippen LogP contribution >= 0.6 is 0 Å². The lowest BCUT2D eigenvalue weighted by Crippen LogP contribution is -2.36. The van der Waals surface area contributed by atoms with Crippen molar-refractivity contribution in [3.05, 3.63) is 29.8 Å². The van der Waals surface area contributed by atoms with Crippen molar-refractivity contribution < 1.29 is 4.79 Å². The zero-order valence-corrected chi connectivity index (χ0v) is 13.1. The molecule has 2 rings (SSSR count). The smallest absolute Gasteiger partial charge is 0.253 e. The van der Waals surface area contributed by atoms with Crippen molar-refractivity contribution >= 4 is 11.6 Å². The number of hydrogen-bond donors (Lipinski definition) is 1. The van der Waals surface area contributed by atoms with Gasteiger partial charge in [0.1, 0.15) is 0 Å². The van der Waals surface area contributed by atoms with Crippen LogP contribution in [-0.2, 0) is 0 Å². The Morgan fingerprint density at radius 2 is 1.86 bits per heavy atom. The highest BCUT2D eigenvalue weighted by atomic mass is 16.2.